The molecule has 1 aromatic heterocycles. The minimum Gasteiger partial charge on any atom is -0.465 e. The van der Waals surface area contributed by atoms with E-state index in [1.54, 1.807) is 12.1 Å². The number of carbonyl (C=O) groups is 1. The molecule has 0 unspecified atom stereocenters. The van der Waals surface area contributed by atoms with Crippen LogP contribution in [0.5, 0.6) is 0 Å². The molecular formula is C21H20N4O2. The summed E-state index contributed by atoms with van der Waals surface area (Å²) in [5, 5.41) is 3.21. The minimum absolute atomic E-state index is 0.391. The van der Waals surface area contributed by atoms with Crippen molar-refractivity contribution in [3.8, 4) is 0 Å². The molecule has 2 aromatic carbocycles. The normalized spacial score (nSPS) is 13.0. The van der Waals surface area contributed by atoms with Gasteiger partial charge in [-0.05, 0) is 36.6 Å². The summed E-state index contributed by atoms with van der Waals surface area (Å²) < 4.78 is 4.85. The number of fused-ring (bicyclic) bond motifs is 1. The summed E-state index contributed by atoms with van der Waals surface area (Å²) >= 11 is 0. The molecule has 3 aromatic rings. The van der Waals surface area contributed by atoms with Crippen molar-refractivity contribution in [1.82, 2.24) is 9.97 Å². The van der Waals surface area contributed by atoms with Crippen LogP contribution in [0.3, 0.4) is 0 Å². The fourth-order valence-electron chi connectivity index (χ4n) is 3.35. The zero-order valence-electron chi connectivity index (χ0n) is 15.1. The van der Waals surface area contributed by atoms with E-state index in [1.807, 2.05) is 24.3 Å². The van der Waals surface area contributed by atoms with E-state index in [0.717, 1.165) is 25.2 Å². The lowest BCUT2D eigenvalue weighted by Gasteiger charge is -2.30. The second-order valence-electron chi connectivity index (χ2n) is 6.31. The number of benzene rings is 2. The molecule has 1 N–H and O–H groups in total. The van der Waals surface area contributed by atoms with Crippen LogP contribution in [0.25, 0.3) is 0 Å². The van der Waals surface area contributed by atoms with E-state index in [1.165, 1.54) is 24.7 Å². The third-order valence-corrected chi connectivity index (χ3v) is 4.63. The molecule has 136 valence electrons. The zero-order valence-corrected chi connectivity index (χ0v) is 15.1. The quantitative estimate of drug-likeness (QED) is 0.707. The Labute approximate surface area is 157 Å². The lowest BCUT2D eigenvalue weighted by Crippen LogP contribution is -2.25. The fourth-order valence-corrected chi connectivity index (χ4v) is 3.35. The van der Waals surface area contributed by atoms with Gasteiger partial charge in [-0.25, -0.2) is 14.8 Å². The summed E-state index contributed by atoms with van der Waals surface area (Å²) in [4.78, 5) is 23.0. The second kappa shape index (κ2) is 7.45. The molecule has 0 aliphatic carbocycles. The van der Waals surface area contributed by atoms with Crippen molar-refractivity contribution in [2.75, 3.05) is 23.9 Å². The number of nitrogens with one attached hydrogen (secondary N) is 1. The van der Waals surface area contributed by atoms with Gasteiger partial charge in [-0.1, -0.05) is 30.3 Å². The molecule has 0 radical (unpaired) electrons. The van der Waals surface area contributed by atoms with E-state index in [0.29, 0.717) is 17.1 Å². The molecule has 2 heterocycles. The van der Waals surface area contributed by atoms with Crippen molar-refractivity contribution >= 4 is 29.0 Å². The Morgan fingerprint density at radius 2 is 1.93 bits per heavy atom. The van der Waals surface area contributed by atoms with Gasteiger partial charge < -0.3 is 15.0 Å². The Morgan fingerprint density at radius 1 is 1.11 bits per heavy atom. The van der Waals surface area contributed by atoms with Gasteiger partial charge in [0.15, 0.2) is 0 Å². The van der Waals surface area contributed by atoms with Gasteiger partial charge in [0.05, 0.1) is 18.4 Å². The van der Waals surface area contributed by atoms with Crippen LogP contribution >= 0.6 is 0 Å². The highest BCUT2D eigenvalue weighted by Crippen LogP contribution is 2.33. The standard InChI is InChI=1S/C21H20N4O2/c1-27-21(26)16-9-3-4-10-17(16)24-19-13-20(23-14-22-19)25-12-6-8-15-7-2-5-11-18(15)25/h2-5,7,9-11,13-14H,6,8,12H2,1H3,(H,22,23,24). The Bertz CT molecular complexity index is 974. The Morgan fingerprint density at radius 3 is 2.81 bits per heavy atom. The lowest BCUT2D eigenvalue weighted by molar-refractivity contribution is 0.0602. The van der Waals surface area contributed by atoms with Crippen LogP contribution in [0.1, 0.15) is 22.3 Å². The van der Waals surface area contributed by atoms with Crippen molar-refractivity contribution in [2.24, 2.45) is 0 Å². The monoisotopic (exact) mass is 360 g/mol. The molecule has 0 atom stereocenters. The largest absolute Gasteiger partial charge is 0.465 e. The molecule has 6 heteroatoms. The highest BCUT2D eigenvalue weighted by Gasteiger charge is 2.19. The summed E-state index contributed by atoms with van der Waals surface area (Å²) in [6, 6.07) is 17.5. The van der Waals surface area contributed by atoms with E-state index in [4.69, 9.17) is 4.74 Å². The average Bonchev–Trinajstić information content (AvgIpc) is 2.73. The molecule has 27 heavy (non-hydrogen) atoms. The number of methoxy groups -OCH3 is 1. The lowest BCUT2D eigenvalue weighted by atomic mass is 10.0. The predicted molar refractivity (Wildman–Crippen MR) is 105 cm³/mol. The molecule has 0 bridgehead atoms. The number of aromatic nitrogens is 2. The number of ether oxygens (including phenoxy) is 1. The minimum atomic E-state index is -0.391. The molecule has 0 saturated carbocycles. The van der Waals surface area contributed by atoms with Crippen LogP contribution in [-0.4, -0.2) is 29.6 Å². The van der Waals surface area contributed by atoms with Crippen LogP contribution in [0.2, 0.25) is 0 Å². The summed E-state index contributed by atoms with van der Waals surface area (Å²) in [5.74, 6) is 1.06. The number of para-hydroxylation sites is 2. The molecule has 1 aliphatic heterocycles. The third kappa shape index (κ3) is 3.46. The Balaban J connectivity index is 1.65. The summed E-state index contributed by atoms with van der Waals surface area (Å²) in [6.45, 7) is 0.909. The molecule has 0 fully saturated rings. The number of esters is 1. The first-order chi connectivity index (χ1) is 13.3. The van der Waals surface area contributed by atoms with Crippen molar-refractivity contribution in [1.29, 1.82) is 0 Å². The number of aryl methyl sites for hydroxylation is 1. The first-order valence-corrected chi connectivity index (χ1v) is 8.88. The van der Waals surface area contributed by atoms with Crippen molar-refractivity contribution in [3.05, 3.63) is 72.1 Å². The number of nitrogens with zero attached hydrogens (tertiary/aromatic N) is 3. The number of anilines is 4. The van der Waals surface area contributed by atoms with Gasteiger partial charge in [-0.2, -0.15) is 0 Å². The van der Waals surface area contributed by atoms with Crippen LogP contribution < -0.4 is 10.2 Å². The van der Waals surface area contributed by atoms with Crippen molar-refractivity contribution in [2.45, 2.75) is 12.8 Å². The fraction of sp³-hybridized carbons (Fsp3) is 0.190. The number of hydrogen-bond donors (Lipinski definition) is 1. The molecule has 6 nitrogen and oxygen atoms in total. The number of hydrogen-bond acceptors (Lipinski definition) is 6. The van der Waals surface area contributed by atoms with Gasteiger partial charge in [0, 0.05) is 18.3 Å². The Hall–Kier alpha value is -3.41. The molecule has 0 spiro atoms. The maximum atomic E-state index is 12.0. The first-order valence-electron chi connectivity index (χ1n) is 8.88. The van der Waals surface area contributed by atoms with E-state index < -0.39 is 5.97 Å². The SMILES string of the molecule is COC(=O)c1ccccc1Nc1cc(N2CCCc3ccccc32)ncn1. The van der Waals surface area contributed by atoms with Gasteiger partial charge in [0.25, 0.3) is 0 Å². The average molecular weight is 360 g/mol. The van der Waals surface area contributed by atoms with Crippen LogP contribution in [-0.2, 0) is 11.2 Å². The predicted octanol–water partition coefficient (Wildman–Crippen LogP) is 4.09. The summed E-state index contributed by atoms with van der Waals surface area (Å²) in [6.07, 6.45) is 3.69. The van der Waals surface area contributed by atoms with E-state index >= 15 is 0 Å². The molecular weight excluding hydrogens is 340 g/mol. The van der Waals surface area contributed by atoms with Crippen LogP contribution in [0.15, 0.2) is 60.9 Å². The number of carbonyl (C=O) groups excluding carboxylic acids is 1. The number of rotatable bonds is 4. The van der Waals surface area contributed by atoms with Crippen LogP contribution in [0.4, 0.5) is 23.0 Å². The maximum absolute atomic E-state index is 12.0. The van der Waals surface area contributed by atoms with Crippen molar-refractivity contribution in [3.63, 3.8) is 0 Å². The maximum Gasteiger partial charge on any atom is 0.339 e. The molecule has 0 amide bonds. The highest BCUT2D eigenvalue weighted by atomic mass is 16.5. The molecule has 0 saturated heterocycles. The van der Waals surface area contributed by atoms with Gasteiger partial charge in [-0.15, -0.1) is 0 Å². The van der Waals surface area contributed by atoms with Crippen molar-refractivity contribution < 1.29 is 9.53 Å². The Kier molecular flexibility index (Phi) is 4.70. The topological polar surface area (TPSA) is 67.3 Å². The zero-order chi connectivity index (χ0) is 18.6. The third-order valence-electron chi connectivity index (χ3n) is 4.63. The van der Waals surface area contributed by atoms with Gasteiger partial charge in [-0.3, -0.25) is 0 Å². The van der Waals surface area contributed by atoms with E-state index in [2.05, 4.69) is 38.4 Å². The van der Waals surface area contributed by atoms with E-state index in [9.17, 15) is 4.79 Å². The van der Waals surface area contributed by atoms with Gasteiger partial charge >= 0.3 is 5.97 Å². The van der Waals surface area contributed by atoms with Gasteiger partial charge in [0.2, 0.25) is 0 Å². The van der Waals surface area contributed by atoms with Gasteiger partial charge in [0.1, 0.15) is 18.0 Å². The highest BCUT2D eigenvalue weighted by molar-refractivity contribution is 5.96. The van der Waals surface area contributed by atoms with Crippen LogP contribution in [0, 0.1) is 0 Å². The molecule has 1 aliphatic rings. The second-order valence-corrected chi connectivity index (χ2v) is 6.31. The smallest absolute Gasteiger partial charge is 0.339 e. The first kappa shape index (κ1) is 17.0. The molecule has 4 rings (SSSR count). The van der Waals surface area contributed by atoms with E-state index in [-0.39, 0.29) is 0 Å². The summed E-state index contributed by atoms with van der Waals surface area (Å²) in [5.41, 5.74) is 3.62. The summed E-state index contributed by atoms with van der Waals surface area (Å²) in [7, 11) is 1.37.